The molecule has 2 aromatic rings. The summed E-state index contributed by atoms with van der Waals surface area (Å²) in [6, 6.07) is 9.27. The van der Waals surface area contributed by atoms with Gasteiger partial charge in [-0.15, -0.1) is 0 Å². The molecule has 84 valence electrons. The molecule has 2 heterocycles. The highest BCUT2D eigenvalue weighted by atomic mass is 16.4. The molecule has 0 radical (unpaired) electrons. The lowest BCUT2D eigenvalue weighted by Gasteiger charge is -2.08. The third kappa shape index (κ3) is 2.92. The predicted molar refractivity (Wildman–Crippen MR) is 59.6 cm³/mol. The summed E-state index contributed by atoms with van der Waals surface area (Å²) in [6.07, 6.45) is 2.69. The average Bonchev–Trinajstić information content (AvgIpc) is 2.84. The summed E-state index contributed by atoms with van der Waals surface area (Å²) in [4.78, 5) is 4.17. The van der Waals surface area contributed by atoms with Crippen molar-refractivity contribution >= 4 is 0 Å². The first-order valence-electron chi connectivity index (χ1n) is 5.18. The summed E-state index contributed by atoms with van der Waals surface area (Å²) in [7, 11) is 0. The number of pyridine rings is 1. The van der Waals surface area contributed by atoms with Gasteiger partial charge in [0.2, 0.25) is 0 Å². The third-order valence-corrected chi connectivity index (χ3v) is 2.24. The summed E-state index contributed by atoms with van der Waals surface area (Å²) in [5.74, 6) is 0.577. The Balaban J connectivity index is 1.76. The molecule has 0 saturated heterocycles. The molecule has 2 rings (SSSR count). The van der Waals surface area contributed by atoms with Crippen molar-refractivity contribution in [2.75, 3.05) is 6.54 Å². The molecule has 4 heteroatoms. The van der Waals surface area contributed by atoms with Crippen molar-refractivity contribution in [2.45, 2.75) is 12.6 Å². The average molecular weight is 218 g/mol. The van der Waals surface area contributed by atoms with E-state index in [0.29, 0.717) is 18.8 Å². The minimum absolute atomic E-state index is 0.448. The van der Waals surface area contributed by atoms with Crippen LogP contribution in [0.1, 0.15) is 17.6 Å². The number of furan rings is 1. The normalized spacial score (nSPS) is 12.6. The van der Waals surface area contributed by atoms with Gasteiger partial charge in [0.25, 0.3) is 0 Å². The molecule has 0 amide bonds. The largest absolute Gasteiger partial charge is 0.467 e. The van der Waals surface area contributed by atoms with Crippen molar-refractivity contribution < 1.29 is 9.52 Å². The summed E-state index contributed by atoms with van der Waals surface area (Å²) in [6.45, 7) is 1.09. The lowest BCUT2D eigenvalue weighted by Crippen LogP contribution is -2.21. The second-order valence-electron chi connectivity index (χ2n) is 3.48. The van der Waals surface area contributed by atoms with Gasteiger partial charge >= 0.3 is 0 Å². The fourth-order valence-corrected chi connectivity index (χ4v) is 1.42. The van der Waals surface area contributed by atoms with Gasteiger partial charge in [-0.3, -0.25) is 4.98 Å². The van der Waals surface area contributed by atoms with Crippen LogP contribution in [0.5, 0.6) is 0 Å². The molecule has 0 bridgehead atoms. The molecule has 16 heavy (non-hydrogen) atoms. The number of hydrogen-bond donors (Lipinski definition) is 2. The number of nitrogens with one attached hydrogen (secondary N) is 1. The van der Waals surface area contributed by atoms with E-state index < -0.39 is 6.10 Å². The van der Waals surface area contributed by atoms with Crippen LogP contribution >= 0.6 is 0 Å². The summed E-state index contributed by atoms with van der Waals surface area (Å²) < 4.78 is 5.09. The van der Waals surface area contributed by atoms with E-state index in [0.717, 1.165) is 5.69 Å². The van der Waals surface area contributed by atoms with E-state index in [-0.39, 0.29) is 0 Å². The number of hydrogen-bond acceptors (Lipinski definition) is 4. The molecule has 0 aliphatic carbocycles. The highest BCUT2D eigenvalue weighted by molar-refractivity contribution is 5.04. The van der Waals surface area contributed by atoms with Gasteiger partial charge in [-0.2, -0.15) is 0 Å². The van der Waals surface area contributed by atoms with Gasteiger partial charge < -0.3 is 14.8 Å². The van der Waals surface area contributed by atoms with Gasteiger partial charge in [-0.25, -0.2) is 0 Å². The number of aliphatic hydroxyl groups is 1. The van der Waals surface area contributed by atoms with Crippen molar-refractivity contribution in [1.82, 2.24) is 10.3 Å². The second-order valence-corrected chi connectivity index (χ2v) is 3.48. The van der Waals surface area contributed by atoms with Gasteiger partial charge in [-0.05, 0) is 24.3 Å². The molecular weight excluding hydrogens is 204 g/mol. The van der Waals surface area contributed by atoms with Gasteiger partial charge in [0.1, 0.15) is 11.9 Å². The molecule has 0 saturated carbocycles. The molecule has 4 nitrogen and oxygen atoms in total. The van der Waals surface area contributed by atoms with E-state index in [1.807, 2.05) is 18.2 Å². The smallest absolute Gasteiger partial charge is 0.133 e. The van der Waals surface area contributed by atoms with Crippen LogP contribution in [-0.4, -0.2) is 16.6 Å². The van der Waals surface area contributed by atoms with Crippen molar-refractivity contribution in [3.63, 3.8) is 0 Å². The Labute approximate surface area is 93.9 Å². The van der Waals surface area contributed by atoms with Crippen molar-refractivity contribution in [3.05, 3.63) is 54.2 Å². The third-order valence-electron chi connectivity index (χ3n) is 2.24. The van der Waals surface area contributed by atoms with Crippen molar-refractivity contribution in [1.29, 1.82) is 0 Å². The van der Waals surface area contributed by atoms with E-state index >= 15 is 0 Å². The predicted octanol–water partition coefficient (Wildman–Crippen LogP) is 1.50. The van der Waals surface area contributed by atoms with E-state index in [9.17, 15) is 5.11 Å². The lowest BCUT2D eigenvalue weighted by atomic mass is 10.2. The van der Waals surface area contributed by atoms with Crippen LogP contribution in [-0.2, 0) is 6.54 Å². The molecule has 2 N–H and O–H groups in total. The number of aromatic nitrogens is 1. The second kappa shape index (κ2) is 5.44. The zero-order valence-electron chi connectivity index (χ0n) is 8.84. The maximum absolute atomic E-state index is 9.71. The van der Waals surface area contributed by atoms with E-state index in [1.165, 1.54) is 0 Å². The van der Waals surface area contributed by atoms with Gasteiger partial charge in [0.15, 0.2) is 0 Å². The zero-order valence-corrected chi connectivity index (χ0v) is 8.84. The maximum atomic E-state index is 9.71. The summed E-state index contributed by atoms with van der Waals surface area (Å²) >= 11 is 0. The molecule has 0 fully saturated rings. The Kier molecular flexibility index (Phi) is 3.69. The number of rotatable bonds is 5. The minimum Gasteiger partial charge on any atom is -0.467 e. The number of nitrogens with zero attached hydrogens (tertiary/aromatic N) is 1. The van der Waals surface area contributed by atoms with Crippen LogP contribution in [0.2, 0.25) is 0 Å². The Morgan fingerprint density at radius 3 is 2.94 bits per heavy atom. The van der Waals surface area contributed by atoms with Crippen LogP contribution in [0.4, 0.5) is 0 Å². The Morgan fingerprint density at radius 2 is 2.25 bits per heavy atom. The Morgan fingerprint density at radius 1 is 1.31 bits per heavy atom. The van der Waals surface area contributed by atoms with Crippen LogP contribution in [0.15, 0.2) is 47.2 Å². The fourth-order valence-electron chi connectivity index (χ4n) is 1.42. The first kappa shape index (κ1) is 10.9. The molecule has 0 aliphatic heterocycles. The molecule has 1 atom stereocenters. The summed E-state index contributed by atoms with van der Waals surface area (Å²) in [5.41, 5.74) is 0.953. The van der Waals surface area contributed by atoms with Crippen LogP contribution < -0.4 is 5.32 Å². The molecule has 0 aliphatic rings. The van der Waals surface area contributed by atoms with E-state index in [4.69, 9.17) is 4.42 Å². The summed E-state index contributed by atoms with van der Waals surface area (Å²) in [5, 5.41) is 12.8. The van der Waals surface area contributed by atoms with Crippen molar-refractivity contribution in [2.24, 2.45) is 0 Å². The molecule has 0 spiro atoms. The van der Waals surface area contributed by atoms with Gasteiger partial charge in [0.05, 0.1) is 12.0 Å². The molecular formula is C12H14N2O2. The SMILES string of the molecule is OC(CNCc1ccccn1)c1ccco1. The highest BCUT2D eigenvalue weighted by Crippen LogP contribution is 2.11. The van der Waals surface area contributed by atoms with Gasteiger partial charge in [-0.1, -0.05) is 6.07 Å². The van der Waals surface area contributed by atoms with E-state index in [1.54, 1.807) is 24.6 Å². The van der Waals surface area contributed by atoms with Crippen LogP contribution in [0.25, 0.3) is 0 Å². The quantitative estimate of drug-likeness (QED) is 0.798. The topological polar surface area (TPSA) is 58.3 Å². The van der Waals surface area contributed by atoms with Crippen LogP contribution in [0.3, 0.4) is 0 Å². The molecule has 1 unspecified atom stereocenters. The minimum atomic E-state index is -0.612. The lowest BCUT2D eigenvalue weighted by molar-refractivity contribution is 0.147. The Hall–Kier alpha value is -1.65. The van der Waals surface area contributed by atoms with Gasteiger partial charge in [0, 0.05) is 19.3 Å². The highest BCUT2D eigenvalue weighted by Gasteiger charge is 2.09. The van der Waals surface area contributed by atoms with Crippen molar-refractivity contribution in [3.8, 4) is 0 Å². The standard InChI is InChI=1S/C12H14N2O2/c15-11(12-5-3-7-16-12)9-13-8-10-4-1-2-6-14-10/h1-7,11,13,15H,8-9H2. The molecule has 0 aromatic carbocycles. The monoisotopic (exact) mass is 218 g/mol. The van der Waals surface area contributed by atoms with E-state index in [2.05, 4.69) is 10.3 Å². The fraction of sp³-hybridized carbons (Fsp3) is 0.250. The first-order chi connectivity index (χ1) is 7.86. The maximum Gasteiger partial charge on any atom is 0.133 e. The first-order valence-corrected chi connectivity index (χ1v) is 5.18. The number of aliphatic hydroxyl groups excluding tert-OH is 1. The Bertz CT molecular complexity index is 400. The van der Waals surface area contributed by atoms with Crippen LogP contribution in [0, 0.1) is 0 Å². The molecule has 2 aromatic heterocycles. The zero-order chi connectivity index (χ0) is 11.2.